The maximum atomic E-state index is 6.13. The van der Waals surface area contributed by atoms with Gasteiger partial charge in [-0.25, -0.2) is 0 Å². The largest absolute Gasteiger partial charge is 0.362 e. The van der Waals surface area contributed by atoms with E-state index in [2.05, 4.69) is 15.4 Å². The number of nitrogens with zero attached hydrogens (tertiary/aromatic N) is 2. The summed E-state index contributed by atoms with van der Waals surface area (Å²) in [6, 6.07) is 4.39. The van der Waals surface area contributed by atoms with Crippen LogP contribution in [0.25, 0.3) is 11.0 Å². The molecule has 0 unspecified atom stereocenters. The fraction of sp³-hybridized carbons (Fsp3) is 0.533. The quantitative estimate of drug-likeness (QED) is 0.922. The van der Waals surface area contributed by atoms with Gasteiger partial charge in [0.15, 0.2) is 11.4 Å². The summed E-state index contributed by atoms with van der Waals surface area (Å²) in [5.74, 6) is 1.62. The summed E-state index contributed by atoms with van der Waals surface area (Å²) in [6.45, 7) is 5.58. The van der Waals surface area contributed by atoms with Crippen molar-refractivity contribution in [3.05, 3.63) is 22.7 Å². The van der Waals surface area contributed by atoms with Gasteiger partial charge in [-0.15, -0.1) is 0 Å². The molecule has 0 saturated carbocycles. The molecule has 1 aromatic carbocycles. The SMILES string of the molecule is Cc1c(Cl)ccc2c(N[C@H]3CN4CCC3CC4)noc12. The normalized spacial score (nSPS) is 29.0. The summed E-state index contributed by atoms with van der Waals surface area (Å²) in [5, 5.41) is 9.56. The first-order valence-electron chi connectivity index (χ1n) is 7.26. The van der Waals surface area contributed by atoms with Crippen LogP contribution in [0.1, 0.15) is 18.4 Å². The summed E-state index contributed by atoms with van der Waals surface area (Å²) in [4.78, 5) is 2.53. The van der Waals surface area contributed by atoms with Crippen molar-refractivity contribution in [1.29, 1.82) is 0 Å². The van der Waals surface area contributed by atoms with Crippen LogP contribution >= 0.6 is 11.6 Å². The predicted molar refractivity (Wildman–Crippen MR) is 80.3 cm³/mol. The first-order chi connectivity index (χ1) is 9.72. The Bertz CT molecular complexity index is 646. The lowest BCUT2D eigenvalue weighted by Gasteiger charge is -2.44. The summed E-state index contributed by atoms with van der Waals surface area (Å²) < 4.78 is 5.47. The molecule has 5 rings (SSSR count). The molecule has 1 N–H and O–H groups in total. The summed E-state index contributed by atoms with van der Waals surface area (Å²) in [5.41, 5.74) is 1.75. The average molecular weight is 292 g/mol. The molecule has 5 heteroatoms. The number of piperidine rings is 3. The zero-order chi connectivity index (χ0) is 13.7. The fourth-order valence-electron chi connectivity index (χ4n) is 3.52. The Hall–Kier alpha value is -1.26. The topological polar surface area (TPSA) is 41.3 Å². The number of halogens is 1. The van der Waals surface area contributed by atoms with E-state index in [1.165, 1.54) is 25.9 Å². The third kappa shape index (κ3) is 1.90. The van der Waals surface area contributed by atoms with E-state index in [0.29, 0.717) is 6.04 Å². The molecule has 3 saturated heterocycles. The molecule has 0 radical (unpaired) electrons. The molecule has 106 valence electrons. The third-order valence-corrected chi connectivity index (χ3v) is 5.21. The van der Waals surface area contributed by atoms with Crippen molar-refractivity contribution in [1.82, 2.24) is 10.1 Å². The number of aryl methyl sites for hydroxylation is 1. The van der Waals surface area contributed by atoms with Crippen LogP contribution in [-0.4, -0.2) is 35.7 Å². The second kappa shape index (κ2) is 4.64. The van der Waals surface area contributed by atoms with E-state index in [4.69, 9.17) is 16.1 Å². The van der Waals surface area contributed by atoms with Crippen molar-refractivity contribution in [3.63, 3.8) is 0 Å². The number of anilines is 1. The molecule has 1 atom stereocenters. The second-order valence-corrected chi connectivity index (χ2v) is 6.38. The maximum Gasteiger partial charge on any atom is 0.177 e. The minimum absolute atomic E-state index is 0.488. The van der Waals surface area contributed by atoms with Gasteiger partial charge < -0.3 is 14.7 Å². The van der Waals surface area contributed by atoms with E-state index in [9.17, 15) is 0 Å². The molecule has 20 heavy (non-hydrogen) atoms. The van der Waals surface area contributed by atoms with Gasteiger partial charge in [0.2, 0.25) is 0 Å². The number of rotatable bonds is 2. The lowest BCUT2D eigenvalue weighted by Crippen LogP contribution is -2.53. The zero-order valence-corrected chi connectivity index (χ0v) is 12.3. The highest BCUT2D eigenvalue weighted by atomic mass is 35.5. The first kappa shape index (κ1) is 12.5. The number of nitrogens with one attached hydrogen (secondary N) is 1. The first-order valence-corrected chi connectivity index (χ1v) is 7.63. The van der Waals surface area contributed by atoms with E-state index < -0.39 is 0 Å². The molecular weight excluding hydrogens is 274 g/mol. The Labute approximate surface area is 123 Å². The highest BCUT2D eigenvalue weighted by Crippen LogP contribution is 2.33. The smallest absolute Gasteiger partial charge is 0.177 e. The van der Waals surface area contributed by atoms with Gasteiger partial charge in [0.25, 0.3) is 0 Å². The Balaban J connectivity index is 1.65. The van der Waals surface area contributed by atoms with Gasteiger partial charge in [-0.2, -0.15) is 0 Å². The van der Waals surface area contributed by atoms with Crippen molar-refractivity contribution < 1.29 is 4.52 Å². The fourth-order valence-corrected chi connectivity index (χ4v) is 3.67. The monoisotopic (exact) mass is 291 g/mol. The Morgan fingerprint density at radius 3 is 2.85 bits per heavy atom. The second-order valence-electron chi connectivity index (χ2n) is 5.97. The van der Waals surface area contributed by atoms with Gasteiger partial charge in [0.1, 0.15) is 0 Å². The number of aromatic nitrogens is 1. The molecule has 0 spiro atoms. The van der Waals surface area contributed by atoms with E-state index in [0.717, 1.165) is 39.8 Å². The Morgan fingerprint density at radius 2 is 2.15 bits per heavy atom. The highest BCUT2D eigenvalue weighted by Gasteiger charge is 2.34. The van der Waals surface area contributed by atoms with Gasteiger partial charge in [-0.1, -0.05) is 16.8 Å². The number of hydrogen-bond donors (Lipinski definition) is 1. The van der Waals surface area contributed by atoms with Crippen LogP contribution in [0.5, 0.6) is 0 Å². The van der Waals surface area contributed by atoms with Crippen molar-refractivity contribution in [3.8, 4) is 0 Å². The predicted octanol–water partition coefficient (Wildman–Crippen LogP) is 3.30. The van der Waals surface area contributed by atoms with Crippen molar-refractivity contribution in [2.75, 3.05) is 25.0 Å². The van der Waals surface area contributed by atoms with Gasteiger partial charge in [0.05, 0.1) is 5.39 Å². The van der Waals surface area contributed by atoms with Crippen LogP contribution in [-0.2, 0) is 0 Å². The molecular formula is C15H18ClN3O. The third-order valence-electron chi connectivity index (χ3n) is 4.80. The number of benzene rings is 1. The van der Waals surface area contributed by atoms with Gasteiger partial charge in [-0.3, -0.25) is 0 Å². The van der Waals surface area contributed by atoms with E-state index in [1.807, 2.05) is 19.1 Å². The van der Waals surface area contributed by atoms with Gasteiger partial charge in [0, 0.05) is 23.2 Å². The van der Waals surface area contributed by atoms with E-state index >= 15 is 0 Å². The van der Waals surface area contributed by atoms with E-state index in [-0.39, 0.29) is 0 Å². The van der Waals surface area contributed by atoms with Crippen LogP contribution in [0.2, 0.25) is 5.02 Å². The number of hydrogen-bond acceptors (Lipinski definition) is 4. The Morgan fingerprint density at radius 1 is 1.35 bits per heavy atom. The molecule has 2 bridgehead atoms. The molecule has 0 aliphatic carbocycles. The lowest BCUT2D eigenvalue weighted by molar-refractivity contribution is 0.0973. The molecule has 4 heterocycles. The molecule has 3 aliphatic rings. The standard InChI is InChI=1S/C15H18ClN3O/c1-9-12(16)3-2-11-14(9)20-18-15(11)17-13-8-19-6-4-10(13)5-7-19/h2-3,10,13H,4-8H2,1H3,(H,17,18)/t13-/m0/s1. The molecule has 1 aromatic heterocycles. The van der Waals surface area contributed by atoms with E-state index in [1.54, 1.807) is 0 Å². The highest BCUT2D eigenvalue weighted by molar-refractivity contribution is 6.32. The average Bonchev–Trinajstić information content (AvgIpc) is 2.88. The number of fused-ring (bicyclic) bond motifs is 4. The zero-order valence-electron chi connectivity index (χ0n) is 11.5. The molecule has 3 fully saturated rings. The van der Waals surface area contributed by atoms with Gasteiger partial charge >= 0.3 is 0 Å². The molecule has 0 amide bonds. The molecule has 3 aliphatic heterocycles. The Kier molecular flexibility index (Phi) is 2.89. The summed E-state index contributed by atoms with van der Waals surface area (Å²) in [6.07, 6.45) is 2.58. The summed E-state index contributed by atoms with van der Waals surface area (Å²) in [7, 11) is 0. The van der Waals surface area contributed by atoms with Crippen LogP contribution < -0.4 is 5.32 Å². The van der Waals surface area contributed by atoms with Crippen molar-refractivity contribution in [2.24, 2.45) is 5.92 Å². The molecule has 2 aromatic rings. The van der Waals surface area contributed by atoms with Crippen molar-refractivity contribution >= 4 is 28.4 Å². The summed E-state index contributed by atoms with van der Waals surface area (Å²) >= 11 is 6.13. The van der Waals surface area contributed by atoms with Crippen LogP contribution in [0.15, 0.2) is 16.7 Å². The van der Waals surface area contributed by atoms with Crippen molar-refractivity contribution in [2.45, 2.75) is 25.8 Å². The van der Waals surface area contributed by atoms with Crippen LogP contribution in [0, 0.1) is 12.8 Å². The van der Waals surface area contributed by atoms with Gasteiger partial charge in [-0.05, 0) is 50.9 Å². The lowest BCUT2D eigenvalue weighted by atomic mass is 9.84. The molecule has 4 nitrogen and oxygen atoms in total. The van der Waals surface area contributed by atoms with Crippen LogP contribution in [0.4, 0.5) is 5.82 Å². The maximum absolute atomic E-state index is 6.13. The minimum Gasteiger partial charge on any atom is -0.362 e. The minimum atomic E-state index is 0.488. The van der Waals surface area contributed by atoms with Crippen LogP contribution in [0.3, 0.4) is 0 Å².